The van der Waals surface area contributed by atoms with E-state index in [0.717, 1.165) is 0 Å². The van der Waals surface area contributed by atoms with Crippen molar-refractivity contribution in [2.24, 2.45) is 0 Å². The highest BCUT2D eigenvalue weighted by atomic mass is 16.5. The Morgan fingerprint density at radius 1 is 0.432 bits per heavy atom. The lowest BCUT2D eigenvalue weighted by molar-refractivity contribution is 0.305. The molecule has 0 aliphatic carbocycles. The van der Waals surface area contributed by atoms with Gasteiger partial charge in [0.05, 0.1) is 0 Å². The summed E-state index contributed by atoms with van der Waals surface area (Å²) >= 11 is 0. The Bertz CT molecular complexity index is 655. The molecule has 0 saturated carbocycles. The number of rotatable bonds is 10. The van der Waals surface area contributed by atoms with Crippen LogP contribution in [0.2, 0.25) is 0 Å². The minimum Gasteiger partial charge on any atom is -0.462 e. The lowest BCUT2D eigenvalue weighted by Gasteiger charge is -2.10. The Kier molecular flexibility index (Phi) is 69.2. The highest BCUT2D eigenvalue weighted by molar-refractivity contribution is 5.27. The van der Waals surface area contributed by atoms with E-state index in [-0.39, 0.29) is 0 Å². The highest BCUT2D eigenvalue weighted by Crippen LogP contribution is 2.15. The van der Waals surface area contributed by atoms with Crippen molar-refractivity contribution >= 4 is 0 Å². The summed E-state index contributed by atoms with van der Waals surface area (Å²) < 4.78 is 11.6. The molecule has 0 aromatic heterocycles. The van der Waals surface area contributed by atoms with Crippen LogP contribution in [0.3, 0.4) is 0 Å². The van der Waals surface area contributed by atoms with Gasteiger partial charge in [-0.15, -0.1) is 0 Å². The van der Waals surface area contributed by atoms with Gasteiger partial charge in [0.25, 0.3) is 0 Å². The summed E-state index contributed by atoms with van der Waals surface area (Å²) in [6, 6.07) is 0. The van der Waals surface area contributed by atoms with E-state index in [0.29, 0.717) is 23.0 Å². The van der Waals surface area contributed by atoms with Crippen LogP contribution in [0, 0.1) is 0 Å². The SMILES string of the molecule is C=C/C=C(\C=C(/C)O/C(C=C)=C/C=C(C)C)O/C(C=C)=C/C=C(C)C.CC.CC.CC.CC.CC.CC. The second kappa shape index (κ2) is 50.2. The summed E-state index contributed by atoms with van der Waals surface area (Å²) in [4.78, 5) is 0. The largest absolute Gasteiger partial charge is 0.462 e. The number of hydrogen-bond acceptors (Lipinski definition) is 2. The Labute approximate surface area is 235 Å². The molecular weight excluding hydrogens is 452 g/mol. The standard InChI is InChI=1S/C23H30O2.6C2H6/c1-9-12-23(25-22(11-3)16-14-19(6)7)17-20(8)24-21(10-2)15-13-18(4)5;6*1-2/h9-17H,1-3H2,4-8H3;6*1-2H3/b20-17+,21-15+,22-16+,23-12+;;;;;;. The number of hydrogen-bond donors (Lipinski definition) is 0. The molecule has 2 heteroatoms. The summed E-state index contributed by atoms with van der Waals surface area (Å²) in [7, 11) is 0. The fourth-order valence-electron chi connectivity index (χ4n) is 1.56. The molecule has 0 saturated heterocycles. The fourth-order valence-corrected chi connectivity index (χ4v) is 1.56. The lowest BCUT2D eigenvalue weighted by atomic mass is 10.3. The maximum atomic E-state index is 5.85. The van der Waals surface area contributed by atoms with E-state index in [1.54, 1.807) is 30.4 Å². The lowest BCUT2D eigenvalue weighted by Crippen LogP contribution is -1.93. The molecule has 0 fully saturated rings. The summed E-state index contributed by atoms with van der Waals surface area (Å²) in [6.45, 7) is 45.2. The van der Waals surface area contributed by atoms with Crippen molar-refractivity contribution in [3.8, 4) is 0 Å². The molecular formula is C35H66O2. The van der Waals surface area contributed by atoms with Gasteiger partial charge in [-0.1, -0.05) is 132 Å². The van der Waals surface area contributed by atoms with Gasteiger partial charge in [0.1, 0.15) is 23.0 Å². The molecule has 0 aliphatic heterocycles. The van der Waals surface area contributed by atoms with Crippen LogP contribution < -0.4 is 0 Å². The van der Waals surface area contributed by atoms with Gasteiger partial charge in [0.2, 0.25) is 0 Å². The zero-order valence-corrected chi connectivity index (χ0v) is 28.1. The first-order chi connectivity index (χ1) is 17.8. The molecule has 0 atom stereocenters. The van der Waals surface area contributed by atoms with Gasteiger partial charge in [-0.05, 0) is 65.0 Å². The molecule has 0 rings (SSSR count). The second-order valence-electron chi connectivity index (χ2n) is 5.80. The zero-order valence-electron chi connectivity index (χ0n) is 28.1. The molecule has 0 aromatic rings. The topological polar surface area (TPSA) is 18.5 Å². The molecule has 0 bridgehead atoms. The molecule has 0 N–H and O–H groups in total. The summed E-state index contributed by atoms with van der Waals surface area (Å²) in [5.41, 5.74) is 2.35. The van der Waals surface area contributed by atoms with Crippen molar-refractivity contribution in [3.05, 3.63) is 109 Å². The van der Waals surface area contributed by atoms with Crippen molar-refractivity contribution in [2.45, 2.75) is 118 Å². The van der Waals surface area contributed by atoms with Gasteiger partial charge in [-0.3, -0.25) is 0 Å². The monoisotopic (exact) mass is 519 g/mol. The average Bonchev–Trinajstić information content (AvgIpc) is 2.95. The van der Waals surface area contributed by atoms with Crippen LogP contribution in [0.1, 0.15) is 118 Å². The molecule has 0 unspecified atom stereocenters. The predicted octanol–water partition coefficient (Wildman–Crippen LogP) is 13.2. The third-order valence-electron chi connectivity index (χ3n) is 2.71. The summed E-state index contributed by atoms with van der Waals surface area (Å²) in [5, 5.41) is 0. The smallest absolute Gasteiger partial charge is 0.130 e. The zero-order chi connectivity index (χ0) is 31.2. The average molecular weight is 519 g/mol. The van der Waals surface area contributed by atoms with E-state index in [9.17, 15) is 0 Å². The van der Waals surface area contributed by atoms with Gasteiger partial charge in [0, 0.05) is 6.08 Å². The quantitative estimate of drug-likeness (QED) is 0.211. The van der Waals surface area contributed by atoms with Gasteiger partial charge in [-0.2, -0.15) is 0 Å². The molecule has 0 heterocycles. The summed E-state index contributed by atoms with van der Waals surface area (Å²) in [5.74, 6) is 2.58. The maximum Gasteiger partial charge on any atom is 0.130 e. The van der Waals surface area contributed by atoms with Crippen molar-refractivity contribution < 1.29 is 9.47 Å². The van der Waals surface area contributed by atoms with E-state index in [1.807, 2.05) is 142 Å². The molecule has 2 nitrogen and oxygen atoms in total. The predicted molar refractivity (Wildman–Crippen MR) is 178 cm³/mol. The first kappa shape index (κ1) is 51.0. The normalized spacial score (nSPS) is 9.65. The van der Waals surface area contributed by atoms with E-state index < -0.39 is 0 Å². The molecule has 218 valence electrons. The molecule has 0 radical (unpaired) electrons. The van der Waals surface area contributed by atoms with Crippen molar-refractivity contribution in [1.29, 1.82) is 0 Å². The van der Waals surface area contributed by atoms with Gasteiger partial charge < -0.3 is 9.47 Å². The van der Waals surface area contributed by atoms with E-state index in [2.05, 4.69) is 19.7 Å². The van der Waals surface area contributed by atoms with Gasteiger partial charge >= 0.3 is 0 Å². The molecule has 37 heavy (non-hydrogen) atoms. The maximum absolute atomic E-state index is 5.85. The summed E-state index contributed by atoms with van der Waals surface area (Å²) in [6.07, 6.45) is 16.2. The van der Waals surface area contributed by atoms with Crippen LogP contribution in [0.5, 0.6) is 0 Å². The second-order valence-corrected chi connectivity index (χ2v) is 5.80. The number of allylic oxidation sites excluding steroid dienone is 12. The van der Waals surface area contributed by atoms with E-state index in [1.165, 1.54) is 11.1 Å². The Hall–Kier alpha value is -2.74. The van der Waals surface area contributed by atoms with Crippen LogP contribution in [0.4, 0.5) is 0 Å². The van der Waals surface area contributed by atoms with Crippen molar-refractivity contribution in [3.63, 3.8) is 0 Å². The van der Waals surface area contributed by atoms with E-state index >= 15 is 0 Å². The minimum atomic E-state index is 0.603. The molecule has 0 aliphatic rings. The van der Waals surface area contributed by atoms with E-state index in [4.69, 9.17) is 9.47 Å². The minimum absolute atomic E-state index is 0.603. The first-order valence-electron chi connectivity index (χ1n) is 14.1. The van der Waals surface area contributed by atoms with Crippen LogP contribution >= 0.6 is 0 Å². The van der Waals surface area contributed by atoms with Gasteiger partial charge in [-0.25, -0.2) is 0 Å². The van der Waals surface area contributed by atoms with Crippen molar-refractivity contribution in [2.75, 3.05) is 0 Å². The van der Waals surface area contributed by atoms with Gasteiger partial charge in [0.15, 0.2) is 0 Å². The Morgan fingerprint density at radius 3 is 1.03 bits per heavy atom. The Balaban J connectivity index is -0.000000130. The molecule has 0 amide bonds. The Morgan fingerprint density at radius 2 is 0.757 bits per heavy atom. The van der Waals surface area contributed by atoms with Crippen LogP contribution in [0.15, 0.2) is 109 Å². The molecule has 0 spiro atoms. The van der Waals surface area contributed by atoms with Crippen molar-refractivity contribution in [1.82, 2.24) is 0 Å². The number of ether oxygens (including phenoxy) is 2. The third-order valence-corrected chi connectivity index (χ3v) is 2.71. The fraction of sp³-hybridized carbons (Fsp3) is 0.486. The van der Waals surface area contributed by atoms with Crippen LogP contribution in [-0.4, -0.2) is 0 Å². The highest BCUT2D eigenvalue weighted by Gasteiger charge is 2.01. The van der Waals surface area contributed by atoms with Crippen LogP contribution in [0.25, 0.3) is 0 Å². The third kappa shape index (κ3) is 47.1. The van der Waals surface area contributed by atoms with Crippen LogP contribution in [-0.2, 0) is 9.47 Å². The first-order valence-corrected chi connectivity index (χ1v) is 14.1. The molecule has 0 aromatic carbocycles.